The first-order valence-corrected chi connectivity index (χ1v) is 14.5. The minimum absolute atomic E-state index is 0.00478. The molecule has 204 valence electrons. The molecule has 0 radical (unpaired) electrons. The van der Waals surface area contributed by atoms with E-state index in [2.05, 4.69) is 17.6 Å². The van der Waals surface area contributed by atoms with Gasteiger partial charge in [-0.2, -0.15) is 8.42 Å². The number of amides is 2. The Labute approximate surface area is 215 Å². The van der Waals surface area contributed by atoms with Crippen LogP contribution in [0.1, 0.15) is 104 Å². The summed E-state index contributed by atoms with van der Waals surface area (Å²) in [6.07, 6.45) is 11.0. The third kappa shape index (κ3) is 14.2. The molecular formula is C26H42N2O7S. The molecule has 1 rings (SSSR count). The number of ether oxygens (including phenoxy) is 1. The molecule has 0 aromatic heterocycles. The topological polar surface area (TPSA) is 139 Å². The molecule has 0 fully saturated rings. The summed E-state index contributed by atoms with van der Waals surface area (Å²) in [6.45, 7) is 4.73. The molecule has 0 saturated carbocycles. The molecule has 1 aromatic carbocycles. The highest BCUT2D eigenvalue weighted by atomic mass is 32.2. The lowest BCUT2D eigenvalue weighted by Gasteiger charge is -2.13. The predicted octanol–water partition coefficient (Wildman–Crippen LogP) is 5.39. The maximum absolute atomic E-state index is 12.4. The summed E-state index contributed by atoms with van der Waals surface area (Å²) in [5.41, 5.74) is 0.00478. The van der Waals surface area contributed by atoms with Crippen LogP contribution >= 0.6 is 0 Å². The van der Waals surface area contributed by atoms with Crippen molar-refractivity contribution < 1.29 is 32.1 Å². The Morgan fingerprint density at radius 2 is 1.39 bits per heavy atom. The van der Waals surface area contributed by atoms with Crippen LogP contribution in [0, 0.1) is 0 Å². The standard InChI is InChI=1S/C26H42N2O7S/c1-3-5-7-8-11-14-24(29)27-19-13-9-12-15-25(30)28-22-20-21(36(32,33)34)17-18-23(22)35-26(31)16-10-6-4-2/h17-18,20H,3-16,19H2,1-2H3,(H,27,29)(H,28,30)(H,32,33,34). The highest BCUT2D eigenvalue weighted by molar-refractivity contribution is 7.85. The van der Waals surface area contributed by atoms with Gasteiger partial charge in [-0.25, -0.2) is 0 Å². The number of hydrogen-bond donors (Lipinski definition) is 3. The summed E-state index contributed by atoms with van der Waals surface area (Å²) in [5.74, 6) is -0.780. The van der Waals surface area contributed by atoms with E-state index in [4.69, 9.17) is 4.74 Å². The van der Waals surface area contributed by atoms with Crippen LogP contribution in [0.4, 0.5) is 5.69 Å². The van der Waals surface area contributed by atoms with Crippen LogP contribution in [0.15, 0.2) is 23.1 Å². The lowest BCUT2D eigenvalue weighted by atomic mass is 10.1. The number of benzene rings is 1. The fraction of sp³-hybridized carbons (Fsp3) is 0.654. The summed E-state index contributed by atoms with van der Waals surface area (Å²) >= 11 is 0. The lowest BCUT2D eigenvalue weighted by molar-refractivity contribution is -0.134. The molecule has 2 amide bonds. The largest absolute Gasteiger partial charge is 0.424 e. The van der Waals surface area contributed by atoms with Crippen LogP contribution in [0.25, 0.3) is 0 Å². The fourth-order valence-electron chi connectivity index (χ4n) is 3.55. The van der Waals surface area contributed by atoms with E-state index in [9.17, 15) is 27.4 Å². The molecule has 0 aliphatic rings. The highest BCUT2D eigenvalue weighted by Gasteiger charge is 2.17. The van der Waals surface area contributed by atoms with E-state index in [0.29, 0.717) is 25.8 Å². The predicted molar refractivity (Wildman–Crippen MR) is 140 cm³/mol. The van der Waals surface area contributed by atoms with Gasteiger partial charge in [0.15, 0.2) is 5.75 Å². The zero-order valence-electron chi connectivity index (χ0n) is 21.6. The second-order valence-electron chi connectivity index (χ2n) is 8.94. The number of anilines is 1. The van der Waals surface area contributed by atoms with Gasteiger partial charge in [-0.05, 0) is 43.9 Å². The van der Waals surface area contributed by atoms with E-state index in [-0.39, 0.29) is 36.1 Å². The summed E-state index contributed by atoms with van der Waals surface area (Å²) in [5, 5.41) is 5.48. The normalized spacial score (nSPS) is 11.2. The lowest BCUT2D eigenvalue weighted by Crippen LogP contribution is -2.24. The molecule has 0 heterocycles. The zero-order valence-corrected chi connectivity index (χ0v) is 22.5. The van der Waals surface area contributed by atoms with Gasteiger partial charge in [0.1, 0.15) is 0 Å². The van der Waals surface area contributed by atoms with Crippen molar-refractivity contribution in [1.29, 1.82) is 0 Å². The van der Waals surface area contributed by atoms with E-state index >= 15 is 0 Å². The Hall–Kier alpha value is -2.46. The minimum Gasteiger partial charge on any atom is -0.424 e. The van der Waals surface area contributed by atoms with Gasteiger partial charge < -0.3 is 15.4 Å². The second kappa shape index (κ2) is 17.9. The van der Waals surface area contributed by atoms with Gasteiger partial charge in [0, 0.05) is 25.8 Å². The van der Waals surface area contributed by atoms with Crippen molar-refractivity contribution in [3.05, 3.63) is 18.2 Å². The van der Waals surface area contributed by atoms with Gasteiger partial charge in [0.05, 0.1) is 10.6 Å². The number of carbonyl (C=O) groups excluding carboxylic acids is 3. The van der Waals surface area contributed by atoms with Crippen LogP contribution < -0.4 is 15.4 Å². The van der Waals surface area contributed by atoms with Crippen LogP contribution in [0.3, 0.4) is 0 Å². The fourth-order valence-corrected chi connectivity index (χ4v) is 4.06. The van der Waals surface area contributed by atoms with Crippen molar-refractivity contribution in [2.45, 2.75) is 109 Å². The third-order valence-corrected chi connectivity index (χ3v) is 6.49. The second-order valence-corrected chi connectivity index (χ2v) is 10.4. The molecule has 0 atom stereocenters. The average molecular weight is 527 g/mol. The number of esters is 1. The van der Waals surface area contributed by atoms with E-state index in [1.165, 1.54) is 18.9 Å². The molecule has 0 unspecified atom stereocenters. The number of rotatable bonds is 19. The van der Waals surface area contributed by atoms with Crippen molar-refractivity contribution in [3.63, 3.8) is 0 Å². The van der Waals surface area contributed by atoms with Crippen LogP contribution in [-0.4, -0.2) is 37.3 Å². The van der Waals surface area contributed by atoms with E-state index in [0.717, 1.165) is 57.1 Å². The molecular weight excluding hydrogens is 484 g/mol. The van der Waals surface area contributed by atoms with Crippen molar-refractivity contribution in [1.82, 2.24) is 5.32 Å². The number of unbranched alkanes of at least 4 members (excludes halogenated alkanes) is 8. The van der Waals surface area contributed by atoms with E-state index in [1.807, 2.05) is 6.92 Å². The zero-order chi connectivity index (χ0) is 26.8. The summed E-state index contributed by atoms with van der Waals surface area (Å²) < 4.78 is 37.7. The Kier molecular flexibility index (Phi) is 15.7. The smallest absolute Gasteiger partial charge is 0.311 e. The first-order valence-electron chi connectivity index (χ1n) is 13.1. The van der Waals surface area contributed by atoms with Crippen molar-refractivity contribution in [2.24, 2.45) is 0 Å². The minimum atomic E-state index is -4.49. The molecule has 0 aliphatic carbocycles. The average Bonchev–Trinajstić information content (AvgIpc) is 2.81. The quantitative estimate of drug-likeness (QED) is 0.0950. The molecule has 9 nitrogen and oxygen atoms in total. The number of nitrogens with one attached hydrogen (secondary N) is 2. The Balaban J connectivity index is 2.48. The molecule has 1 aromatic rings. The maximum Gasteiger partial charge on any atom is 0.311 e. The molecule has 0 aliphatic heterocycles. The van der Waals surface area contributed by atoms with Gasteiger partial charge >= 0.3 is 5.97 Å². The SMILES string of the molecule is CCCCCCCC(=O)NCCCCCC(=O)Nc1cc(S(=O)(=O)O)ccc1OC(=O)CCCCC. The van der Waals surface area contributed by atoms with Crippen molar-refractivity contribution in [3.8, 4) is 5.75 Å². The van der Waals surface area contributed by atoms with Crippen LogP contribution in [-0.2, 0) is 24.5 Å². The number of carbonyl (C=O) groups is 3. The first kappa shape index (κ1) is 31.6. The third-order valence-electron chi connectivity index (χ3n) is 5.64. The first-order chi connectivity index (χ1) is 17.2. The van der Waals surface area contributed by atoms with Crippen LogP contribution in [0.5, 0.6) is 5.75 Å². The molecule has 0 saturated heterocycles. The van der Waals surface area contributed by atoms with Gasteiger partial charge in [-0.15, -0.1) is 0 Å². The summed E-state index contributed by atoms with van der Waals surface area (Å²) in [4.78, 5) is 35.9. The Morgan fingerprint density at radius 3 is 2.06 bits per heavy atom. The van der Waals surface area contributed by atoms with Crippen molar-refractivity contribution in [2.75, 3.05) is 11.9 Å². The van der Waals surface area contributed by atoms with Gasteiger partial charge in [-0.1, -0.05) is 58.8 Å². The van der Waals surface area contributed by atoms with Crippen molar-refractivity contribution >= 4 is 33.6 Å². The van der Waals surface area contributed by atoms with E-state index < -0.39 is 21.0 Å². The summed E-state index contributed by atoms with van der Waals surface area (Å²) in [7, 11) is -4.49. The molecule has 0 bridgehead atoms. The monoisotopic (exact) mass is 526 g/mol. The Bertz CT molecular complexity index is 932. The summed E-state index contributed by atoms with van der Waals surface area (Å²) in [6, 6.07) is 3.42. The number of hydrogen-bond acceptors (Lipinski definition) is 6. The van der Waals surface area contributed by atoms with Gasteiger partial charge in [-0.3, -0.25) is 18.9 Å². The van der Waals surface area contributed by atoms with E-state index in [1.54, 1.807) is 0 Å². The molecule has 3 N–H and O–H groups in total. The van der Waals surface area contributed by atoms with Gasteiger partial charge in [0.25, 0.3) is 10.1 Å². The molecule has 36 heavy (non-hydrogen) atoms. The molecule has 10 heteroatoms. The van der Waals surface area contributed by atoms with Crippen LogP contribution in [0.2, 0.25) is 0 Å². The Morgan fingerprint density at radius 1 is 0.806 bits per heavy atom. The highest BCUT2D eigenvalue weighted by Crippen LogP contribution is 2.29. The maximum atomic E-state index is 12.4. The van der Waals surface area contributed by atoms with Gasteiger partial charge in [0.2, 0.25) is 11.8 Å². The molecule has 0 spiro atoms.